The summed E-state index contributed by atoms with van der Waals surface area (Å²) in [6.45, 7) is 9.59. The number of amides is 1. The molecule has 0 bridgehead atoms. The van der Waals surface area contributed by atoms with Crippen LogP contribution in [0, 0.1) is 6.92 Å². The number of imidazole rings is 1. The third-order valence-corrected chi connectivity index (χ3v) is 5.28. The lowest BCUT2D eigenvalue weighted by Crippen LogP contribution is -2.42. The largest absolute Gasteiger partial charge is 0.346 e. The smallest absolute Gasteiger partial charge is 0.224 e. The highest BCUT2D eigenvalue weighted by Crippen LogP contribution is 2.19. The summed E-state index contributed by atoms with van der Waals surface area (Å²) < 4.78 is 0. The van der Waals surface area contributed by atoms with Crippen LogP contribution in [0.5, 0.6) is 0 Å². The quantitative estimate of drug-likeness (QED) is 0.866. The third-order valence-electron chi connectivity index (χ3n) is 5.28. The van der Waals surface area contributed by atoms with Gasteiger partial charge in [0.25, 0.3) is 0 Å². The minimum absolute atomic E-state index is 0.245. The fraction of sp³-hybridized carbons (Fsp3) is 0.524. The van der Waals surface area contributed by atoms with Gasteiger partial charge >= 0.3 is 0 Å². The maximum absolute atomic E-state index is 12.8. The molecule has 0 aliphatic carbocycles. The number of nitrogens with zero attached hydrogens (tertiary/aromatic N) is 3. The highest BCUT2D eigenvalue weighted by atomic mass is 16.2. The highest BCUT2D eigenvalue weighted by Gasteiger charge is 2.29. The van der Waals surface area contributed by atoms with Gasteiger partial charge in [-0.15, -0.1) is 0 Å². The zero-order valence-corrected chi connectivity index (χ0v) is 16.2. The lowest BCUT2D eigenvalue weighted by molar-refractivity contribution is -0.133. The Morgan fingerprint density at radius 2 is 1.96 bits per heavy atom. The number of aryl methyl sites for hydroxylation is 2. The second-order valence-corrected chi connectivity index (χ2v) is 7.16. The standard InChI is InChI=1S/C21H30N4O/c1-4-18-14-24(15-19-16(3)22-20(5-2)23-19)12-11-21(26)25(18)13-17-9-7-6-8-10-17/h6-10,18H,4-5,11-15H2,1-3H3,(H,22,23)/t18-/m1/s1. The second-order valence-electron chi connectivity index (χ2n) is 7.16. The van der Waals surface area contributed by atoms with E-state index in [9.17, 15) is 4.79 Å². The van der Waals surface area contributed by atoms with Crippen molar-refractivity contribution in [1.82, 2.24) is 19.8 Å². The number of H-pyrrole nitrogens is 1. The van der Waals surface area contributed by atoms with Crippen LogP contribution in [0.2, 0.25) is 0 Å². The number of hydrogen-bond donors (Lipinski definition) is 1. The van der Waals surface area contributed by atoms with Crippen molar-refractivity contribution in [3.05, 3.63) is 53.1 Å². The van der Waals surface area contributed by atoms with Gasteiger partial charge in [-0.2, -0.15) is 0 Å². The van der Waals surface area contributed by atoms with E-state index >= 15 is 0 Å². The Hall–Kier alpha value is -2.14. The summed E-state index contributed by atoms with van der Waals surface area (Å²) in [6, 6.07) is 10.5. The van der Waals surface area contributed by atoms with Gasteiger partial charge in [-0.25, -0.2) is 4.98 Å². The molecule has 0 radical (unpaired) electrons. The van der Waals surface area contributed by atoms with Crippen molar-refractivity contribution in [3.8, 4) is 0 Å². The molecule has 3 rings (SSSR count). The summed E-state index contributed by atoms with van der Waals surface area (Å²) in [7, 11) is 0. The topological polar surface area (TPSA) is 52.2 Å². The molecule has 26 heavy (non-hydrogen) atoms. The molecule has 0 saturated carbocycles. The Morgan fingerprint density at radius 1 is 1.19 bits per heavy atom. The molecule has 1 aromatic heterocycles. The molecule has 1 aliphatic heterocycles. The van der Waals surface area contributed by atoms with Crippen molar-refractivity contribution in [2.24, 2.45) is 0 Å². The summed E-state index contributed by atoms with van der Waals surface area (Å²) in [5.74, 6) is 1.30. The first-order valence-corrected chi connectivity index (χ1v) is 9.70. The molecule has 0 unspecified atom stereocenters. The summed E-state index contributed by atoms with van der Waals surface area (Å²) >= 11 is 0. The summed E-state index contributed by atoms with van der Waals surface area (Å²) in [5.41, 5.74) is 3.45. The molecular formula is C21H30N4O. The van der Waals surface area contributed by atoms with Gasteiger partial charge in [0.15, 0.2) is 0 Å². The Morgan fingerprint density at radius 3 is 2.62 bits per heavy atom. The number of aromatic nitrogens is 2. The van der Waals surface area contributed by atoms with E-state index < -0.39 is 0 Å². The van der Waals surface area contributed by atoms with E-state index in [1.165, 1.54) is 5.56 Å². The number of hydrogen-bond acceptors (Lipinski definition) is 3. The van der Waals surface area contributed by atoms with Gasteiger partial charge < -0.3 is 9.88 Å². The van der Waals surface area contributed by atoms with Gasteiger partial charge in [-0.3, -0.25) is 9.69 Å². The van der Waals surface area contributed by atoms with Crippen LogP contribution in [0.1, 0.15) is 49.5 Å². The van der Waals surface area contributed by atoms with E-state index in [0.29, 0.717) is 13.0 Å². The maximum atomic E-state index is 12.8. The van der Waals surface area contributed by atoms with Gasteiger partial charge in [0.05, 0.1) is 5.69 Å². The van der Waals surface area contributed by atoms with Crippen LogP contribution in [0.4, 0.5) is 0 Å². The molecule has 1 fully saturated rings. The molecule has 5 nitrogen and oxygen atoms in total. The van der Waals surface area contributed by atoms with Crippen molar-refractivity contribution in [1.29, 1.82) is 0 Å². The van der Waals surface area contributed by atoms with Crippen LogP contribution in [-0.2, 0) is 24.3 Å². The average molecular weight is 354 g/mol. The number of nitrogens with one attached hydrogen (secondary N) is 1. The lowest BCUT2D eigenvalue weighted by atomic mass is 10.1. The van der Waals surface area contributed by atoms with Crippen LogP contribution >= 0.6 is 0 Å². The first kappa shape index (κ1) is 18.6. The normalized spacial score (nSPS) is 19.0. The number of rotatable bonds is 6. The Kier molecular flexibility index (Phi) is 6.09. The number of benzene rings is 1. The monoisotopic (exact) mass is 354 g/mol. The van der Waals surface area contributed by atoms with Gasteiger partial charge in [0, 0.05) is 50.8 Å². The van der Waals surface area contributed by atoms with E-state index in [1.807, 2.05) is 18.2 Å². The molecule has 1 N–H and O–H groups in total. The zero-order valence-electron chi connectivity index (χ0n) is 16.2. The molecule has 1 atom stereocenters. The predicted molar refractivity (Wildman–Crippen MR) is 104 cm³/mol. The lowest BCUT2D eigenvalue weighted by Gasteiger charge is -2.31. The summed E-state index contributed by atoms with van der Waals surface area (Å²) in [4.78, 5) is 25.3. The number of carbonyl (C=O) groups excluding carboxylic acids is 1. The van der Waals surface area contributed by atoms with Gasteiger partial charge in [-0.1, -0.05) is 44.2 Å². The fourth-order valence-electron chi connectivity index (χ4n) is 3.68. The van der Waals surface area contributed by atoms with E-state index in [1.54, 1.807) is 0 Å². The molecule has 2 aromatic rings. The van der Waals surface area contributed by atoms with Crippen LogP contribution in [0.25, 0.3) is 0 Å². The maximum Gasteiger partial charge on any atom is 0.224 e. The van der Waals surface area contributed by atoms with Gasteiger partial charge in [0.2, 0.25) is 5.91 Å². The van der Waals surface area contributed by atoms with Gasteiger partial charge in [0.1, 0.15) is 5.82 Å². The third kappa shape index (κ3) is 4.33. The molecule has 1 aliphatic rings. The molecule has 5 heteroatoms. The molecule has 1 amide bonds. The number of carbonyl (C=O) groups is 1. The Balaban J connectivity index is 1.72. The van der Waals surface area contributed by atoms with Crippen LogP contribution in [-0.4, -0.2) is 44.8 Å². The van der Waals surface area contributed by atoms with Crippen LogP contribution < -0.4 is 0 Å². The predicted octanol–water partition coefficient (Wildman–Crippen LogP) is 3.29. The molecule has 0 spiro atoms. The first-order valence-electron chi connectivity index (χ1n) is 9.70. The van der Waals surface area contributed by atoms with Gasteiger partial charge in [-0.05, 0) is 18.9 Å². The van der Waals surface area contributed by atoms with Crippen LogP contribution in [0.15, 0.2) is 30.3 Å². The second kappa shape index (κ2) is 8.49. The molecule has 2 heterocycles. The van der Waals surface area contributed by atoms with Crippen molar-refractivity contribution in [2.45, 2.75) is 59.2 Å². The van der Waals surface area contributed by atoms with Crippen molar-refractivity contribution < 1.29 is 4.79 Å². The number of aromatic amines is 1. The van der Waals surface area contributed by atoms with Crippen molar-refractivity contribution in [3.63, 3.8) is 0 Å². The molecule has 1 saturated heterocycles. The Labute approximate surface area is 156 Å². The van der Waals surface area contributed by atoms with E-state index in [4.69, 9.17) is 4.98 Å². The minimum Gasteiger partial charge on any atom is -0.346 e. The first-order chi connectivity index (χ1) is 12.6. The Bertz CT molecular complexity index is 725. The van der Waals surface area contributed by atoms with Crippen LogP contribution in [0.3, 0.4) is 0 Å². The van der Waals surface area contributed by atoms with E-state index in [-0.39, 0.29) is 11.9 Å². The molecule has 140 valence electrons. The average Bonchev–Trinajstić information content (AvgIpc) is 2.94. The summed E-state index contributed by atoms with van der Waals surface area (Å²) in [6.07, 6.45) is 2.46. The SMILES string of the molecule is CCc1nc(CN2CCC(=O)N(Cc3ccccc3)[C@H](CC)C2)c(C)[nH]1. The summed E-state index contributed by atoms with van der Waals surface area (Å²) in [5, 5.41) is 0. The van der Waals surface area contributed by atoms with E-state index in [0.717, 1.165) is 49.7 Å². The zero-order chi connectivity index (χ0) is 18.5. The minimum atomic E-state index is 0.245. The molecule has 1 aromatic carbocycles. The van der Waals surface area contributed by atoms with E-state index in [2.05, 4.69) is 47.7 Å². The highest BCUT2D eigenvalue weighted by molar-refractivity contribution is 5.77. The fourth-order valence-corrected chi connectivity index (χ4v) is 3.68. The van der Waals surface area contributed by atoms with Crippen molar-refractivity contribution >= 4 is 5.91 Å². The van der Waals surface area contributed by atoms with Crippen molar-refractivity contribution in [2.75, 3.05) is 13.1 Å². The molecular weight excluding hydrogens is 324 g/mol.